The SMILES string of the molecule is CC.NCCNc1ccnc(-c2ccc(F)cc2O)n1. The smallest absolute Gasteiger partial charge is 0.165 e. The monoisotopic (exact) mass is 278 g/mol. The van der Waals surface area contributed by atoms with Gasteiger partial charge in [0.05, 0.1) is 5.56 Å². The summed E-state index contributed by atoms with van der Waals surface area (Å²) in [7, 11) is 0. The van der Waals surface area contributed by atoms with E-state index in [9.17, 15) is 9.50 Å². The van der Waals surface area contributed by atoms with E-state index in [4.69, 9.17) is 5.73 Å². The molecule has 0 bridgehead atoms. The molecule has 0 aliphatic carbocycles. The Bertz CT molecular complexity index is 548. The van der Waals surface area contributed by atoms with Crippen LogP contribution in [-0.4, -0.2) is 28.2 Å². The number of aromatic nitrogens is 2. The fourth-order valence-corrected chi connectivity index (χ4v) is 1.48. The van der Waals surface area contributed by atoms with Gasteiger partial charge in [-0.2, -0.15) is 0 Å². The second-order valence-electron chi connectivity index (χ2n) is 3.64. The number of anilines is 1. The zero-order valence-electron chi connectivity index (χ0n) is 11.6. The second kappa shape index (κ2) is 8.06. The van der Waals surface area contributed by atoms with Gasteiger partial charge in [-0.25, -0.2) is 14.4 Å². The first-order valence-corrected chi connectivity index (χ1v) is 6.46. The fourth-order valence-electron chi connectivity index (χ4n) is 1.48. The van der Waals surface area contributed by atoms with Crippen LogP contribution in [0.1, 0.15) is 13.8 Å². The third-order valence-electron chi connectivity index (χ3n) is 2.31. The Kier molecular flexibility index (Phi) is 6.39. The maximum absolute atomic E-state index is 12.9. The summed E-state index contributed by atoms with van der Waals surface area (Å²) in [6.07, 6.45) is 1.56. The quantitative estimate of drug-likeness (QED) is 0.799. The first kappa shape index (κ1) is 15.8. The zero-order chi connectivity index (χ0) is 15.0. The highest BCUT2D eigenvalue weighted by atomic mass is 19.1. The Morgan fingerprint density at radius 1 is 1.30 bits per heavy atom. The minimum absolute atomic E-state index is 0.189. The number of nitrogens with two attached hydrogens (primary N) is 1. The van der Waals surface area contributed by atoms with Crippen molar-refractivity contribution in [1.29, 1.82) is 0 Å². The highest BCUT2D eigenvalue weighted by molar-refractivity contribution is 5.64. The molecule has 0 fully saturated rings. The molecule has 1 aromatic carbocycles. The van der Waals surface area contributed by atoms with Crippen molar-refractivity contribution >= 4 is 5.82 Å². The number of nitrogens with zero attached hydrogens (tertiary/aromatic N) is 2. The summed E-state index contributed by atoms with van der Waals surface area (Å²) in [5, 5.41) is 12.7. The van der Waals surface area contributed by atoms with Gasteiger partial charge in [-0.05, 0) is 18.2 Å². The second-order valence-corrected chi connectivity index (χ2v) is 3.64. The van der Waals surface area contributed by atoms with E-state index in [-0.39, 0.29) is 5.75 Å². The van der Waals surface area contributed by atoms with Crippen molar-refractivity contribution < 1.29 is 9.50 Å². The van der Waals surface area contributed by atoms with Crippen LogP contribution in [-0.2, 0) is 0 Å². The molecule has 4 N–H and O–H groups in total. The van der Waals surface area contributed by atoms with E-state index >= 15 is 0 Å². The Balaban J connectivity index is 0.000000956. The van der Waals surface area contributed by atoms with Gasteiger partial charge in [-0.15, -0.1) is 0 Å². The third kappa shape index (κ3) is 4.17. The molecule has 0 radical (unpaired) electrons. The standard InChI is InChI=1S/C12H13FN4O.C2H6/c13-8-1-2-9(10(18)7-8)12-16-5-3-11(17-12)15-6-4-14;1-2/h1-3,5,7,18H,4,6,14H2,(H,15,16,17);1-2H3. The number of phenols is 1. The van der Waals surface area contributed by atoms with Crippen LogP contribution in [0.5, 0.6) is 5.75 Å². The van der Waals surface area contributed by atoms with Crippen molar-refractivity contribution in [3.05, 3.63) is 36.3 Å². The van der Waals surface area contributed by atoms with E-state index in [1.165, 1.54) is 12.1 Å². The van der Waals surface area contributed by atoms with Gasteiger partial charge in [-0.3, -0.25) is 0 Å². The lowest BCUT2D eigenvalue weighted by molar-refractivity contribution is 0.470. The Hall–Kier alpha value is -2.21. The minimum Gasteiger partial charge on any atom is -0.507 e. The van der Waals surface area contributed by atoms with Crippen molar-refractivity contribution in [3.8, 4) is 17.1 Å². The first-order valence-electron chi connectivity index (χ1n) is 6.46. The molecule has 1 aromatic heterocycles. The summed E-state index contributed by atoms with van der Waals surface area (Å²) in [6, 6.07) is 5.41. The summed E-state index contributed by atoms with van der Waals surface area (Å²) in [6.45, 7) is 5.08. The van der Waals surface area contributed by atoms with Crippen LogP contribution in [0.15, 0.2) is 30.5 Å². The van der Waals surface area contributed by atoms with Gasteiger partial charge in [0.2, 0.25) is 0 Å². The topological polar surface area (TPSA) is 84.1 Å². The molecule has 108 valence electrons. The van der Waals surface area contributed by atoms with Gasteiger partial charge in [-0.1, -0.05) is 13.8 Å². The van der Waals surface area contributed by atoms with E-state index in [0.29, 0.717) is 30.3 Å². The van der Waals surface area contributed by atoms with Crippen LogP contribution in [0.4, 0.5) is 10.2 Å². The van der Waals surface area contributed by atoms with Crippen LogP contribution in [0.2, 0.25) is 0 Å². The van der Waals surface area contributed by atoms with Crippen molar-refractivity contribution in [1.82, 2.24) is 9.97 Å². The van der Waals surface area contributed by atoms with Crippen LogP contribution in [0.3, 0.4) is 0 Å². The van der Waals surface area contributed by atoms with Crippen LogP contribution < -0.4 is 11.1 Å². The largest absolute Gasteiger partial charge is 0.507 e. The molecule has 20 heavy (non-hydrogen) atoms. The van der Waals surface area contributed by atoms with Crippen molar-refractivity contribution in [2.75, 3.05) is 18.4 Å². The molecule has 2 aromatic rings. The average Bonchev–Trinajstić information content (AvgIpc) is 2.47. The lowest BCUT2D eigenvalue weighted by Crippen LogP contribution is -2.14. The lowest BCUT2D eigenvalue weighted by atomic mass is 10.2. The Morgan fingerprint density at radius 3 is 2.70 bits per heavy atom. The summed E-state index contributed by atoms with van der Waals surface area (Å²) in [4.78, 5) is 8.25. The van der Waals surface area contributed by atoms with Crippen molar-refractivity contribution in [2.24, 2.45) is 5.73 Å². The molecule has 5 nitrogen and oxygen atoms in total. The van der Waals surface area contributed by atoms with Gasteiger partial charge < -0.3 is 16.2 Å². The predicted molar refractivity (Wildman–Crippen MR) is 78.0 cm³/mol. The average molecular weight is 278 g/mol. The minimum atomic E-state index is -0.506. The van der Waals surface area contributed by atoms with Gasteiger partial charge >= 0.3 is 0 Å². The fraction of sp³-hybridized carbons (Fsp3) is 0.286. The first-order chi connectivity index (χ1) is 9.70. The number of hydrogen-bond donors (Lipinski definition) is 3. The molecular formula is C14H19FN4O. The lowest BCUT2D eigenvalue weighted by Gasteiger charge is -2.06. The van der Waals surface area contributed by atoms with E-state index in [0.717, 1.165) is 6.07 Å². The van der Waals surface area contributed by atoms with Gasteiger partial charge in [0.1, 0.15) is 17.4 Å². The molecule has 0 aliphatic rings. The number of phenolic OH excluding ortho intramolecular Hbond substituents is 1. The normalized spacial score (nSPS) is 9.60. The zero-order valence-corrected chi connectivity index (χ0v) is 11.6. The maximum atomic E-state index is 12.9. The maximum Gasteiger partial charge on any atom is 0.165 e. The summed E-state index contributed by atoms with van der Waals surface area (Å²) in [5.41, 5.74) is 5.76. The number of hydrogen-bond acceptors (Lipinski definition) is 5. The number of halogens is 1. The number of benzene rings is 1. The molecule has 2 rings (SSSR count). The molecule has 0 unspecified atom stereocenters. The van der Waals surface area contributed by atoms with Gasteiger partial charge in [0.15, 0.2) is 5.82 Å². The van der Waals surface area contributed by atoms with Gasteiger partial charge in [0, 0.05) is 25.4 Å². The Morgan fingerprint density at radius 2 is 2.05 bits per heavy atom. The van der Waals surface area contributed by atoms with Crippen LogP contribution >= 0.6 is 0 Å². The highest BCUT2D eigenvalue weighted by Crippen LogP contribution is 2.27. The molecule has 0 saturated heterocycles. The Labute approximate surface area is 117 Å². The third-order valence-corrected chi connectivity index (χ3v) is 2.31. The van der Waals surface area contributed by atoms with Crippen molar-refractivity contribution in [2.45, 2.75) is 13.8 Å². The van der Waals surface area contributed by atoms with E-state index in [1.54, 1.807) is 12.3 Å². The summed E-state index contributed by atoms with van der Waals surface area (Å²) < 4.78 is 12.9. The van der Waals surface area contributed by atoms with E-state index < -0.39 is 5.82 Å². The molecule has 0 aliphatic heterocycles. The molecule has 1 heterocycles. The highest BCUT2D eigenvalue weighted by Gasteiger charge is 2.08. The number of rotatable bonds is 4. The summed E-state index contributed by atoms with van der Waals surface area (Å²) in [5.74, 6) is 0.239. The van der Waals surface area contributed by atoms with Crippen molar-refractivity contribution in [3.63, 3.8) is 0 Å². The molecule has 6 heteroatoms. The van der Waals surface area contributed by atoms with E-state index in [2.05, 4.69) is 15.3 Å². The van der Waals surface area contributed by atoms with Gasteiger partial charge in [0.25, 0.3) is 0 Å². The van der Waals surface area contributed by atoms with Crippen LogP contribution in [0, 0.1) is 5.82 Å². The number of nitrogens with one attached hydrogen (secondary N) is 1. The molecule has 0 saturated carbocycles. The molecular weight excluding hydrogens is 259 g/mol. The molecule has 0 spiro atoms. The van der Waals surface area contributed by atoms with Crippen LogP contribution in [0.25, 0.3) is 11.4 Å². The summed E-state index contributed by atoms with van der Waals surface area (Å²) >= 11 is 0. The predicted octanol–water partition coefficient (Wildman–Crippen LogP) is 2.39. The molecule has 0 atom stereocenters. The number of aromatic hydroxyl groups is 1. The van der Waals surface area contributed by atoms with E-state index in [1.807, 2.05) is 13.8 Å². The molecule has 0 amide bonds.